The Hall–Kier alpha value is -2.00. The van der Waals surface area contributed by atoms with Gasteiger partial charge in [-0.2, -0.15) is 0 Å². The van der Waals surface area contributed by atoms with E-state index in [4.69, 9.17) is 11.6 Å². The van der Waals surface area contributed by atoms with Crippen LogP contribution in [0.3, 0.4) is 0 Å². The highest BCUT2D eigenvalue weighted by molar-refractivity contribution is 6.33. The van der Waals surface area contributed by atoms with Gasteiger partial charge in [0.05, 0.1) is 10.6 Å². The Bertz CT molecular complexity index is 721. The van der Waals surface area contributed by atoms with Crippen molar-refractivity contribution in [3.05, 3.63) is 64.2 Å². The van der Waals surface area contributed by atoms with Crippen LogP contribution in [0.15, 0.2) is 42.5 Å². The molecular formula is C19H21ClN2O. The van der Waals surface area contributed by atoms with E-state index in [1.54, 1.807) is 12.1 Å². The predicted octanol–water partition coefficient (Wildman–Crippen LogP) is 3.92. The lowest BCUT2D eigenvalue weighted by Gasteiger charge is -2.37. The molecule has 1 amide bonds. The van der Waals surface area contributed by atoms with Crippen LogP contribution in [0.4, 0.5) is 5.69 Å². The number of aryl methyl sites for hydroxylation is 1. The average Bonchev–Trinajstić information content (AvgIpc) is 2.57. The molecule has 1 aliphatic heterocycles. The molecule has 0 aliphatic carbocycles. The van der Waals surface area contributed by atoms with Gasteiger partial charge in [-0.15, -0.1) is 0 Å². The standard InChI is InChI=1S/C19H21ClN2O/c1-14-6-5-9-18(15(14)2)21-10-12-22(13-11-21)19(23)16-7-3-4-8-17(16)20/h3-9H,10-13H2,1-2H3. The Morgan fingerprint density at radius 1 is 0.957 bits per heavy atom. The van der Waals surface area contributed by atoms with Crippen LogP contribution in [0.2, 0.25) is 5.02 Å². The molecule has 0 bridgehead atoms. The highest BCUT2D eigenvalue weighted by Crippen LogP contribution is 2.25. The summed E-state index contributed by atoms with van der Waals surface area (Å²) in [6.45, 7) is 7.43. The predicted molar refractivity (Wildman–Crippen MR) is 95.5 cm³/mol. The number of halogens is 1. The molecule has 23 heavy (non-hydrogen) atoms. The van der Waals surface area contributed by atoms with Gasteiger partial charge in [-0.05, 0) is 43.2 Å². The Kier molecular flexibility index (Phi) is 4.58. The number of hydrogen-bond donors (Lipinski definition) is 0. The monoisotopic (exact) mass is 328 g/mol. The summed E-state index contributed by atoms with van der Waals surface area (Å²) in [6.07, 6.45) is 0. The molecule has 1 fully saturated rings. The quantitative estimate of drug-likeness (QED) is 0.834. The summed E-state index contributed by atoms with van der Waals surface area (Å²) in [5.41, 5.74) is 4.49. The minimum absolute atomic E-state index is 0.0243. The van der Waals surface area contributed by atoms with Gasteiger partial charge in [-0.3, -0.25) is 4.79 Å². The molecule has 0 atom stereocenters. The zero-order valence-electron chi connectivity index (χ0n) is 13.6. The van der Waals surface area contributed by atoms with Crippen molar-refractivity contribution >= 4 is 23.2 Å². The molecule has 1 heterocycles. The van der Waals surface area contributed by atoms with Crippen molar-refractivity contribution in [2.75, 3.05) is 31.1 Å². The number of carbonyl (C=O) groups is 1. The Labute approximate surface area is 142 Å². The minimum Gasteiger partial charge on any atom is -0.368 e. The van der Waals surface area contributed by atoms with Crippen molar-refractivity contribution in [3.63, 3.8) is 0 Å². The Morgan fingerprint density at radius 3 is 2.35 bits per heavy atom. The van der Waals surface area contributed by atoms with E-state index in [2.05, 4.69) is 36.9 Å². The van der Waals surface area contributed by atoms with Crippen LogP contribution in [0.1, 0.15) is 21.5 Å². The molecular weight excluding hydrogens is 308 g/mol. The first-order valence-electron chi connectivity index (χ1n) is 7.93. The Balaban J connectivity index is 1.70. The van der Waals surface area contributed by atoms with Crippen molar-refractivity contribution in [3.8, 4) is 0 Å². The van der Waals surface area contributed by atoms with Gasteiger partial charge in [0.1, 0.15) is 0 Å². The third kappa shape index (κ3) is 3.20. The van der Waals surface area contributed by atoms with E-state index < -0.39 is 0 Å². The SMILES string of the molecule is Cc1cccc(N2CCN(C(=O)c3ccccc3Cl)CC2)c1C. The average molecular weight is 329 g/mol. The van der Waals surface area contributed by atoms with E-state index in [1.807, 2.05) is 17.0 Å². The van der Waals surface area contributed by atoms with E-state index in [0.717, 1.165) is 26.2 Å². The van der Waals surface area contributed by atoms with E-state index in [9.17, 15) is 4.79 Å². The molecule has 0 N–H and O–H groups in total. The molecule has 0 radical (unpaired) electrons. The fourth-order valence-corrected chi connectivity index (χ4v) is 3.25. The van der Waals surface area contributed by atoms with Gasteiger partial charge in [-0.25, -0.2) is 0 Å². The highest BCUT2D eigenvalue weighted by atomic mass is 35.5. The van der Waals surface area contributed by atoms with Crippen molar-refractivity contribution in [1.82, 2.24) is 4.90 Å². The van der Waals surface area contributed by atoms with Gasteiger partial charge in [0.2, 0.25) is 0 Å². The van der Waals surface area contributed by atoms with Crippen molar-refractivity contribution in [2.24, 2.45) is 0 Å². The maximum absolute atomic E-state index is 12.6. The molecule has 2 aromatic rings. The summed E-state index contributed by atoms with van der Waals surface area (Å²) >= 11 is 6.14. The normalized spacial score (nSPS) is 14.9. The zero-order valence-corrected chi connectivity index (χ0v) is 14.3. The largest absolute Gasteiger partial charge is 0.368 e. The van der Waals surface area contributed by atoms with Crippen LogP contribution in [0, 0.1) is 13.8 Å². The summed E-state index contributed by atoms with van der Waals surface area (Å²) < 4.78 is 0. The van der Waals surface area contributed by atoms with Gasteiger partial charge in [0, 0.05) is 31.9 Å². The maximum Gasteiger partial charge on any atom is 0.255 e. The van der Waals surface area contributed by atoms with Gasteiger partial charge < -0.3 is 9.80 Å². The number of rotatable bonds is 2. The highest BCUT2D eigenvalue weighted by Gasteiger charge is 2.24. The number of anilines is 1. The molecule has 0 unspecified atom stereocenters. The molecule has 1 aliphatic rings. The molecule has 4 heteroatoms. The second kappa shape index (κ2) is 6.63. The van der Waals surface area contributed by atoms with Gasteiger partial charge >= 0.3 is 0 Å². The molecule has 0 saturated carbocycles. The van der Waals surface area contributed by atoms with E-state index in [0.29, 0.717) is 10.6 Å². The molecule has 1 saturated heterocycles. The fourth-order valence-electron chi connectivity index (χ4n) is 3.03. The summed E-state index contributed by atoms with van der Waals surface area (Å²) in [5, 5.41) is 0.523. The lowest BCUT2D eigenvalue weighted by molar-refractivity contribution is 0.0747. The molecule has 0 aromatic heterocycles. The topological polar surface area (TPSA) is 23.6 Å². The summed E-state index contributed by atoms with van der Waals surface area (Å²) in [4.78, 5) is 16.9. The first kappa shape index (κ1) is 15.9. The summed E-state index contributed by atoms with van der Waals surface area (Å²) in [5.74, 6) is 0.0243. The fraction of sp³-hybridized carbons (Fsp3) is 0.316. The van der Waals surface area contributed by atoms with Crippen LogP contribution in [0.5, 0.6) is 0 Å². The molecule has 0 spiro atoms. The second-order valence-corrected chi connectivity index (χ2v) is 6.39. The van der Waals surface area contributed by atoms with E-state index in [-0.39, 0.29) is 5.91 Å². The smallest absolute Gasteiger partial charge is 0.255 e. The van der Waals surface area contributed by atoms with Gasteiger partial charge in [-0.1, -0.05) is 35.9 Å². The second-order valence-electron chi connectivity index (χ2n) is 5.98. The summed E-state index contributed by atoms with van der Waals surface area (Å²) in [7, 11) is 0. The van der Waals surface area contributed by atoms with Crippen LogP contribution >= 0.6 is 11.6 Å². The third-order valence-electron chi connectivity index (χ3n) is 4.59. The van der Waals surface area contributed by atoms with Crippen molar-refractivity contribution in [2.45, 2.75) is 13.8 Å². The van der Waals surface area contributed by atoms with E-state index >= 15 is 0 Å². The maximum atomic E-state index is 12.6. The van der Waals surface area contributed by atoms with Crippen molar-refractivity contribution in [1.29, 1.82) is 0 Å². The lowest BCUT2D eigenvalue weighted by atomic mass is 10.1. The Morgan fingerprint density at radius 2 is 1.65 bits per heavy atom. The summed E-state index contributed by atoms with van der Waals surface area (Å²) in [6, 6.07) is 13.6. The molecule has 3 rings (SSSR count). The number of amides is 1. The number of hydrogen-bond acceptors (Lipinski definition) is 2. The van der Waals surface area contributed by atoms with Crippen LogP contribution in [0.25, 0.3) is 0 Å². The van der Waals surface area contributed by atoms with Gasteiger partial charge in [0.15, 0.2) is 0 Å². The minimum atomic E-state index is 0.0243. The number of benzene rings is 2. The zero-order chi connectivity index (χ0) is 16.4. The number of nitrogens with zero attached hydrogens (tertiary/aromatic N) is 2. The molecule has 3 nitrogen and oxygen atoms in total. The van der Waals surface area contributed by atoms with Crippen LogP contribution < -0.4 is 4.90 Å². The van der Waals surface area contributed by atoms with Crippen LogP contribution in [-0.2, 0) is 0 Å². The van der Waals surface area contributed by atoms with Gasteiger partial charge in [0.25, 0.3) is 5.91 Å². The first-order valence-corrected chi connectivity index (χ1v) is 8.30. The molecule has 120 valence electrons. The lowest BCUT2D eigenvalue weighted by Crippen LogP contribution is -2.49. The number of carbonyl (C=O) groups excluding carboxylic acids is 1. The third-order valence-corrected chi connectivity index (χ3v) is 4.92. The van der Waals surface area contributed by atoms with Crippen molar-refractivity contribution < 1.29 is 4.79 Å². The molecule has 2 aromatic carbocycles. The van der Waals surface area contributed by atoms with Crippen LogP contribution in [-0.4, -0.2) is 37.0 Å². The van der Waals surface area contributed by atoms with E-state index in [1.165, 1.54) is 16.8 Å². The first-order chi connectivity index (χ1) is 11.1. The number of piperazine rings is 1.